The van der Waals surface area contributed by atoms with Gasteiger partial charge >= 0.3 is 0 Å². The number of aromatic nitrogens is 1. The second kappa shape index (κ2) is 17.3. The molecule has 2 aliphatic rings. The molecule has 0 saturated heterocycles. The van der Waals surface area contributed by atoms with E-state index in [-0.39, 0.29) is 45.7 Å². The number of amides is 3. The van der Waals surface area contributed by atoms with E-state index in [1.165, 1.54) is 18.2 Å². The van der Waals surface area contributed by atoms with E-state index in [0.29, 0.717) is 44.5 Å². The van der Waals surface area contributed by atoms with Crippen molar-refractivity contribution in [1.29, 1.82) is 0 Å². The molecule has 0 bridgehead atoms. The van der Waals surface area contributed by atoms with E-state index in [1.807, 2.05) is 50.8 Å². The minimum absolute atomic E-state index is 0.00599. The number of aryl methyl sites for hydroxylation is 4. The van der Waals surface area contributed by atoms with Gasteiger partial charge in [0.05, 0.1) is 28.7 Å². The van der Waals surface area contributed by atoms with Crippen molar-refractivity contribution in [2.75, 3.05) is 26.7 Å². The number of carbonyl (C=O) groups is 3. The van der Waals surface area contributed by atoms with Crippen LogP contribution < -0.4 is 14.2 Å². The number of rotatable bonds is 8. The fourth-order valence-corrected chi connectivity index (χ4v) is 9.29. The first-order valence-electron chi connectivity index (χ1n) is 19.6. The van der Waals surface area contributed by atoms with Crippen LogP contribution in [-0.4, -0.2) is 79.4 Å². The predicted molar refractivity (Wildman–Crippen MR) is 218 cm³/mol. The molecule has 1 N–H and O–H groups in total. The van der Waals surface area contributed by atoms with Crippen LogP contribution in [0.15, 0.2) is 53.4 Å². The molecule has 0 unspecified atom stereocenters. The molecule has 3 aromatic carbocycles. The summed E-state index contributed by atoms with van der Waals surface area (Å²) in [6.45, 7) is 11.6. The van der Waals surface area contributed by atoms with Crippen molar-refractivity contribution in [3.8, 4) is 11.5 Å². The first-order valence-corrected chi connectivity index (χ1v) is 21.4. The maximum Gasteiger partial charge on any atom is 0.265 e. The third-order valence-electron chi connectivity index (χ3n) is 11.3. The molecular formula is C43H53ClN4O7S. The van der Waals surface area contributed by atoms with Gasteiger partial charge in [-0.25, -0.2) is 13.1 Å². The van der Waals surface area contributed by atoms with Gasteiger partial charge in [0.15, 0.2) is 0 Å². The van der Waals surface area contributed by atoms with Crippen molar-refractivity contribution in [3.63, 3.8) is 0 Å². The Morgan fingerprint density at radius 3 is 2.39 bits per heavy atom. The molecule has 1 saturated carbocycles. The van der Waals surface area contributed by atoms with Gasteiger partial charge in [0.2, 0.25) is 5.91 Å². The van der Waals surface area contributed by atoms with E-state index in [0.717, 1.165) is 77.2 Å². The zero-order valence-electron chi connectivity index (χ0n) is 33.2. The van der Waals surface area contributed by atoms with Crippen molar-refractivity contribution in [2.45, 2.75) is 110 Å². The number of nitrogens with one attached hydrogen (secondary N) is 1. The van der Waals surface area contributed by atoms with Gasteiger partial charge < -0.3 is 23.8 Å². The van der Waals surface area contributed by atoms with Crippen molar-refractivity contribution < 1.29 is 32.3 Å². The fraction of sp³-hybridized carbons (Fsp3) is 0.465. The molecule has 300 valence electrons. The quantitative estimate of drug-likeness (QED) is 0.180. The normalized spacial score (nSPS) is 18.2. The summed E-state index contributed by atoms with van der Waals surface area (Å²) in [6.07, 6.45) is 6.11. The molecular weight excluding hydrogens is 752 g/mol. The Morgan fingerprint density at radius 1 is 0.946 bits per heavy atom. The minimum atomic E-state index is -4.43. The molecule has 13 heteroatoms. The molecule has 2 atom stereocenters. The highest BCUT2D eigenvalue weighted by molar-refractivity contribution is 7.90. The second-order valence-electron chi connectivity index (χ2n) is 15.2. The lowest BCUT2D eigenvalue weighted by atomic mass is 9.90. The van der Waals surface area contributed by atoms with Gasteiger partial charge in [0.25, 0.3) is 21.8 Å². The number of benzene rings is 3. The van der Waals surface area contributed by atoms with Crippen molar-refractivity contribution in [1.82, 2.24) is 19.1 Å². The SMILES string of the molecule is CC(=O)N1CCCCCN(C)C(=O)c2cc(S(=O)(=O)NC(=O)c3cccc4c3c(C)c(C)n4CCCOc3cc(C)c(Cl)c(C)c3)ccc2O[C@H]2CCCC[C@H]21. The number of hydrogen-bond donors (Lipinski definition) is 1. The molecule has 6 rings (SSSR count). The van der Waals surface area contributed by atoms with E-state index in [4.69, 9.17) is 21.1 Å². The zero-order chi connectivity index (χ0) is 40.3. The summed E-state index contributed by atoms with van der Waals surface area (Å²) in [4.78, 5) is 43.8. The lowest BCUT2D eigenvalue weighted by Gasteiger charge is -2.39. The summed E-state index contributed by atoms with van der Waals surface area (Å²) < 4.78 is 44.8. The molecule has 1 fully saturated rings. The molecule has 4 aromatic rings. The Bertz CT molecular complexity index is 2230. The van der Waals surface area contributed by atoms with Crippen LogP contribution in [0.4, 0.5) is 0 Å². The summed E-state index contributed by atoms with van der Waals surface area (Å²) in [7, 11) is -2.74. The van der Waals surface area contributed by atoms with Gasteiger partial charge in [-0.15, -0.1) is 0 Å². The largest absolute Gasteiger partial charge is 0.494 e. The van der Waals surface area contributed by atoms with Crippen LogP contribution in [-0.2, 0) is 21.4 Å². The van der Waals surface area contributed by atoms with Crippen LogP contribution in [0.2, 0.25) is 5.02 Å². The highest BCUT2D eigenvalue weighted by atomic mass is 35.5. The topological polar surface area (TPSA) is 127 Å². The standard InChI is InChI=1S/C43H53ClN4O7S/c1-27-24-32(25-28(2)41(27)44)54-23-13-22-47-30(4)29(3)40-34(14-12-16-37(40)47)42(50)45-56(52,53)33-18-19-38-35(26-33)43(51)46(6)20-10-7-11-21-48(31(5)49)36-15-8-9-17-39(36)55-38/h12,14,16,18-19,24-26,36,39H,7-11,13,15,17,20-23H2,1-6H3,(H,45,50)/t36-,39+/m1/s1. The summed E-state index contributed by atoms with van der Waals surface area (Å²) in [5.41, 5.74) is 4.89. The third-order valence-corrected chi connectivity index (χ3v) is 13.2. The lowest BCUT2D eigenvalue weighted by Crippen LogP contribution is -2.50. The molecule has 2 heterocycles. The maximum absolute atomic E-state index is 13.9. The number of halogens is 1. The Morgan fingerprint density at radius 2 is 1.66 bits per heavy atom. The summed E-state index contributed by atoms with van der Waals surface area (Å²) in [5, 5.41) is 1.40. The third kappa shape index (κ3) is 8.71. The Kier molecular flexibility index (Phi) is 12.7. The molecule has 56 heavy (non-hydrogen) atoms. The minimum Gasteiger partial charge on any atom is -0.494 e. The van der Waals surface area contributed by atoms with Crippen LogP contribution in [0.1, 0.15) is 101 Å². The van der Waals surface area contributed by atoms with Gasteiger partial charge in [-0.05, 0) is 132 Å². The zero-order valence-corrected chi connectivity index (χ0v) is 34.8. The molecule has 1 aliphatic carbocycles. The number of ether oxygens (including phenoxy) is 2. The first kappa shape index (κ1) is 41.1. The Labute approximate surface area is 335 Å². The number of sulfonamides is 1. The predicted octanol–water partition coefficient (Wildman–Crippen LogP) is 7.91. The van der Waals surface area contributed by atoms with Gasteiger partial charge in [-0.2, -0.15) is 0 Å². The van der Waals surface area contributed by atoms with Crippen LogP contribution >= 0.6 is 11.6 Å². The highest BCUT2D eigenvalue weighted by Crippen LogP contribution is 2.33. The van der Waals surface area contributed by atoms with Crippen LogP contribution in [0, 0.1) is 27.7 Å². The second-order valence-corrected chi connectivity index (χ2v) is 17.3. The first-order chi connectivity index (χ1) is 26.7. The van der Waals surface area contributed by atoms with Gasteiger partial charge in [-0.1, -0.05) is 24.1 Å². The van der Waals surface area contributed by atoms with Gasteiger partial charge in [0.1, 0.15) is 17.6 Å². The van der Waals surface area contributed by atoms with Crippen LogP contribution in [0.5, 0.6) is 11.5 Å². The lowest BCUT2D eigenvalue weighted by molar-refractivity contribution is -0.134. The smallest absolute Gasteiger partial charge is 0.265 e. The molecule has 1 aromatic heterocycles. The van der Waals surface area contributed by atoms with Crippen molar-refractivity contribution in [2.24, 2.45) is 0 Å². The molecule has 0 radical (unpaired) electrons. The maximum atomic E-state index is 13.9. The van der Waals surface area contributed by atoms with Crippen LogP contribution in [0.25, 0.3) is 10.9 Å². The van der Waals surface area contributed by atoms with Crippen LogP contribution in [0.3, 0.4) is 0 Å². The summed E-state index contributed by atoms with van der Waals surface area (Å²) >= 11 is 6.32. The molecule has 3 amide bonds. The number of hydrogen-bond acceptors (Lipinski definition) is 7. The van der Waals surface area contributed by atoms with E-state index in [2.05, 4.69) is 9.29 Å². The van der Waals surface area contributed by atoms with Crippen molar-refractivity contribution in [3.05, 3.63) is 87.1 Å². The average Bonchev–Trinajstić information content (AvgIpc) is 3.41. The van der Waals surface area contributed by atoms with E-state index in [9.17, 15) is 22.8 Å². The monoisotopic (exact) mass is 804 g/mol. The van der Waals surface area contributed by atoms with Crippen molar-refractivity contribution >= 4 is 50.2 Å². The molecule has 11 nitrogen and oxygen atoms in total. The average molecular weight is 805 g/mol. The van der Waals surface area contributed by atoms with Gasteiger partial charge in [0, 0.05) is 55.2 Å². The van der Waals surface area contributed by atoms with E-state index >= 15 is 0 Å². The number of carbonyl (C=O) groups excluding carboxylic acids is 3. The molecule has 0 spiro atoms. The highest BCUT2D eigenvalue weighted by Gasteiger charge is 2.35. The summed E-state index contributed by atoms with van der Waals surface area (Å²) in [6, 6.07) is 13.1. The summed E-state index contributed by atoms with van der Waals surface area (Å²) in [5.74, 6) is -0.138. The number of fused-ring (bicyclic) bond motifs is 3. The number of nitrogens with zero attached hydrogens (tertiary/aromatic N) is 3. The Hall–Kier alpha value is -4.55. The van der Waals surface area contributed by atoms with E-state index in [1.54, 1.807) is 31.0 Å². The Balaban J connectivity index is 1.24. The fourth-order valence-electron chi connectivity index (χ4n) is 8.19. The van der Waals surface area contributed by atoms with Gasteiger partial charge in [-0.3, -0.25) is 14.4 Å². The van der Waals surface area contributed by atoms with E-state index < -0.39 is 15.9 Å². The molecule has 1 aliphatic heterocycles.